The summed E-state index contributed by atoms with van der Waals surface area (Å²) in [7, 11) is -3.89. The molecule has 1 saturated heterocycles. The van der Waals surface area contributed by atoms with Crippen molar-refractivity contribution in [2.45, 2.75) is 37.7 Å². The minimum absolute atomic E-state index is 0.121. The van der Waals surface area contributed by atoms with E-state index in [1.54, 1.807) is 36.4 Å². The number of hydrogen-bond donors (Lipinski definition) is 1. The average molecular weight is 492 g/mol. The van der Waals surface area contributed by atoms with Gasteiger partial charge in [-0.1, -0.05) is 23.8 Å². The third kappa shape index (κ3) is 4.71. The molecule has 1 fully saturated rings. The van der Waals surface area contributed by atoms with Crippen molar-refractivity contribution in [3.63, 3.8) is 0 Å². The first-order valence-corrected chi connectivity index (χ1v) is 13.3. The Morgan fingerprint density at radius 2 is 1.57 bits per heavy atom. The van der Waals surface area contributed by atoms with Crippen LogP contribution >= 0.6 is 0 Å². The Morgan fingerprint density at radius 3 is 2.26 bits per heavy atom. The number of sulfonamides is 1. The minimum Gasteiger partial charge on any atom is -0.476 e. The van der Waals surface area contributed by atoms with Gasteiger partial charge in [-0.2, -0.15) is 0 Å². The van der Waals surface area contributed by atoms with Crippen LogP contribution in [-0.2, 0) is 14.8 Å². The molecule has 1 amide bonds. The summed E-state index contributed by atoms with van der Waals surface area (Å²) < 4.78 is 34.4. The molecule has 1 unspecified atom stereocenters. The summed E-state index contributed by atoms with van der Waals surface area (Å²) in [5, 5.41) is 2.89. The predicted molar refractivity (Wildman–Crippen MR) is 138 cm³/mol. The summed E-state index contributed by atoms with van der Waals surface area (Å²) in [6.45, 7) is 5.77. The first-order chi connectivity index (χ1) is 16.8. The second-order valence-corrected chi connectivity index (χ2v) is 11.0. The lowest BCUT2D eigenvalue weighted by atomic mass is 10.1. The van der Waals surface area contributed by atoms with Crippen LogP contribution in [0, 0.1) is 13.8 Å². The summed E-state index contributed by atoms with van der Waals surface area (Å²) in [5.74, 6) is -0.0216. The van der Waals surface area contributed by atoms with E-state index < -0.39 is 22.0 Å². The molecular formula is C27H29N3O4S. The normalized spacial score (nSPS) is 17.6. The number of hydrogen-bond acceptors (Lipinski definition) is 5. The van der Waals surface area contributed by atoms with E-state index >= 15 is 0 Å². The van der Waals surface area contributed by atoms with Gasteiger partial charge in [-0.25, -0.2) is 8.42 Å². The number of anilines is 3. The number of carbonyl (C=O) groups is 1. The number of amides is 1. The fraction of sp³-hybridized carbons (Fsp3) is 0.296. The molecule has 0 radical (unpaired) electrons. The largest absolute Gasteiger partial charge is 0.476 e. The van der Waals surface area contributed by atoms with Crippen LogP contribution in [0.15, 0.2) is 71.6 Å². The summed E-state index contributed by atoms with van der Waals surface area (Å²) in [4.78, 5) is 15.7. The number of fused-ring (bicyclic) bond motifs is 1. The van der Waals surface area contributed by atoms with Gasteiger partial charge in [0.15, 0.2) is 6.10 Å². The zero-order valence-electron chi connectivity index (χ0n) is 19.9. The fourth-order valence-corrected chi connectivity index (χ4v) is 5.99. The fourth-order valence-electron chi connectivity index (χ4n) is 4.52. The maximum Gasteiger partial charge on any atom is 0.267 e. The second-order valence-electron chi connectivity index (χ2n) is 9.16. The highest BCUT2D eigenvalue weighted by Crippen LogP contribution is 2.38. The van der Waals surface area contributed by atoms with Crippen LogP contribution in [0.5, 0.6) is 5.75 Å². The minimum atomic E-state index is -3.89. The Morgan fingerprint density at radius 1 is 0.914 bits per heavy atom. The molecule has 3 aromatic rings. The SMILES string of the molecule is Cc1ccc(S(=O)(=O)N2CC(C(=O)Nc3ccc(N4CCCC4)cc3)Oc3cc(C)ccc32)cc1. The highest BCUT2D eigenvalue weighted by Gasteiger charge is 2.37. The molecular weight excluding hydrogens is 462 g/mol. The lowest BCUT2D eigenvalue weighted by molar-refractivity contribution is -0.122. The van der Waals surface area contributed by atoms with Crippen LogP contribution in [0.1, 0.15) is 24.0 Å². The van der Waals surface area contributed by atoms with Gasteiger partial charge in [0, 0.05) is 24.5 Å². The Balaban J connectivity index is 1.40. The lowest BCUT2D eigenvalue weighted by Crippen LogP contribution is -2.48. The van der Waals surface area contributed by atoms with E-state index in [2.05, 4.69) is 10.2 Å². The highest BCUT2D eigenvalue weighted by atomic mass is 32.2. The van der Waals surface area contributed by atoms with Crippen molar-refractivity contribution >= 4 is 33.0 Å². The third-order valence-electron chi connectivity index (χ3n) is 6.49. The van der Waals surface area contributed by atoms with Crippen LogP contribution < -0.4 is 19.3 Å². The maximum absolute atomic E-state index is 13.6. The number of aryl methyl sites for hydroxylation is 2. The molecule has 7 nitrogen and oxygen atoms in total. The Kier molecular flexibility index (Phi) is 6.15. The summed E-state index contributed by atoms with van der Waals surface area (Å²) in [6.07, 6.45) is 1.39. The standard InChI is InChI=1S/C27H29N3O4S/c1-19-5-12-23(13-6-19)35(32,33)30-18-26(34-25-17-20(2)7-14-24(25)30)27(31)28-21-8-10-22(11-9-21)29-15-3-4-16-29/h5-14,17,26H,3-4,15-16,18H2,1-2H3,(H,28,31). The molecule has 1 atom stereocenters. The molecule has 8 heteroatoms. The van der Waals surface area contributed by atoms with Crippen molar-refractivity contribution in [2.75, 3.05) is 34.2 Å². The number of carbonyl (C=O) groups excluding carboxylic acids is 1. The topological polar surface area (TPSA) is 79.0 Å². The van der Waals surface area contributed by atoms with Crippen molar-refractivity contribution in [2.24, 2.45) is 0 Å². The molecule has 0 bridgehead atoms. The second kappa shape index (κ2) is 9.26. The van der Waals surface area contributed by atoms with Gasteiger partial charge in [-0.15, -0.1) is 0 Å². The molecule has 5 rings (SSSR count). The van der Waals surface area contributed by atoms with Gasteiger partial charge in [0.05, 0.1) is 17.1 Å². The number of nitrogens with zero attached hydrogens (tertiary/aromatic N) is 2. The number of benzene rings is 3. The molecule has 3 aromatic carbocycles. The number of nitrogens with one attached hydrogen (secondary N) is 1. The molecule has 0 aromatic heterocycles. The van der Waals surface area contributed by atoms with Crippen molar-refractivity contribution in [3.05, 3.63) is 77.9 Å². The third-order valence-corrected chi connectivity index (χ3v) is 8.29. The van der Waals surface area contributed by atoms with Crippen molar-refractivity contribution < 1.29 is 17.9 Å². The summed E-state index contributed by atoms with van der Waals surface area (Å²) >= 11 is 0. The highest BCUT2D eigenvalue weighted by molar-refractivity contribution is 7.92. The van der Waals surface area contributed by atoms with E-state index in [0.29, 0.717) is 17.1 Å². The first-order valence-electron chi connectivity index (χ1n) is 11.8. The van der Waals surface area contributed by atoms with Gasteiger partial charge in [0.25, 0.3) is 15.9 Å². The summed E-state index contributed by atoms with van der Waals surface area (Å²) in [5.41, 5.74) is 4.08. The van der Waals surface area contributed by atoms with E-state index in [1.807, 2.05) is 44.2 Å². The Bertz CT molecular complexity index is 1330. The van der Waals surface area contributed by atoms with Crippen molar-refractivity contribution in [3.8, 4) is 5.75 Å². The number of ether oxygens (including phenoxy) is 1. The van der Waals surface area contributed by atoms with Crippen LogP contribution in [0.4, 0.5) is 17.1 Å². The zero-order chi connectivity index (χ0) is 24.6. The lowest BCUT2D eigenvalue weighted by Gasteiger charge is -2.35. The molecule has 0 spiro atoms. The molecule has 2 aliphatic rings. The van der Waals surface area contributed by atoms with Crippen molar-refractivity contribution in [1.29, 1.82) is 0 Å². The van der Waals surface area contributed by atoms with E-state index in [4.69, 9.17) is 4.74 Å². The van der Waals surface area contributed by atoms with E-state index in [-0.39, 0.29) is 11.4 Å². The van der Waals surface area contributed by atoms with Gasteiger partial charge in [-0.05, 0) is 80.8 Å². The number of rotatable bonds is 5. The monoisotopic (exact) mass is 491 g/mol. The van der Waals surface area contributed by atoms with Gasteiger partial charge in [0.2, 0.25) is 0 Å². The molecule has 35 heavy (non-hydrogen) atoms. The smallest absolute Gasteiger partial charge is 0.267 e. The summed E-state index contributed by atoms with van der Waals surface area (Å²) in [6, 6.07) is 19.8. The Hall–Kier alpha value is -3.52. The van der Waals surface area contributed by atoms with Crippen LogP contribution in [0.25, 0.3) is 0 Å². The van der Waals surface area contributed by atoms with Gasteiger partial charge in [-0.3, -0.25) is 9.10 Å². The molecule has 0 aliphatic carbocycles. The first kappa shape index (κ1) is 23.2. The van der Waals surface area contributed by atoms with Crippen LogP contribution in [0.3, 0.4) is 0 Å². The van der Waals surface area contributed by atoms with Crippen LogP contribution in [0.2, 0.25) is 0 Å². The molecule has 182 valence electrons. The molecule has 2 aliphatic heterocycles. The van der Waals surface area contributed by atoms with E-state index in [1.165, 1.54) is 17.1 Å². The zero-order valence-corrected chi connectivity index (χ0v) is 20.7. The van der Waals surface area contributed by atoms with Crippen molar-refractivity contribution in [1.82, 2.24) is 0 Å². The average Bonchev–Trinajstić information content (AvgIpc) is 3.39. The van der Waals surface area contributed by atoms with Crippen LogP contribution in [-0.4, -0.2) is 40.1 Å². The van der Waals surface area contributed by atoms with E-state index in [0.717, 1.165) is 29.9 Å². The molecule has 2 heterocycles. The molecule has 1 N–H and O–H groups in total. The Labute approximate surface area is 206 Å². The maximum atomic E-state index is 13.6. The van der Waals surface area contributed by atoms with Gasteiger partial charge < -0.3 is 15.0 Å². The molecule has 0 saturated carbocycles. The predicted octanol–water partition coefficient (Wildman–Crippen LogP) is 4.50. The van der Waals surface area contributed by atoms with E-state index in [9.17, 15) is 13.2 Å². The van der Waals surface area contributed by atoms with Gasteiger partial charge >= 0.3 is 0 Å². The van der Waals surface area contributed by atoms with Gasteiger partial charge in [0.1, 0.15) is 5.75 Å². The quantitative estimate of drug-likeness (QED) is 0.569.